The number of carbonyl (C=O) groups excluding carboxylic acids is 3. The lowest BCUT2D eigenvalue weighted by molar-refractivity contribution is -0.153. The van der Waals surface area contributed by atoms with Gasteiger partial charge in [-0.05, 0) is 69.5 Å². The predicted octanol–water partition coefficient (Wildman–Crippen LogP) is 2.31. The number of allylic oxidation sites excluding steroid dienone is 3. The fraction of sp³-hybridized carbons (Fsp3) is 0.452. The molecule has 220 valence electrons. The Morgan fingerprint density at radius 1 is 1.17 bits per heavy atom. The van der Waals surface area contributed by atoms with E-state index in [1.807, 2.05) is 26.0 Å². The zero-order chi connectivity index (χ0) is 30.5. The van der Waals surface area contributed by atoms with Gasteiger partial charge in [-0.15, -0.1) is 0 Å². The van der Waals surface area contributed by atoms with Crippen molar-refractivity contribution in [1.82, 2.24) is 10.2 Å². The van der Waals surface area contributed by atoms with Crippen LogP contribution < -0.4 is 11.1 Å². The summed E-state index contributed by atoms with van der Waals surface area (Å²) in [5.74, 6) is -6.63. The van der Waals surface area contributed by atoms with Gasteiger partial charge in [0.05, 0.1) is 11.6 Å². The zero-order valence-corrected chi connectivity index (χ0v) is 24.3. The molecule has 3 aliphatic carbocycles. The average Bonchev–Trinajstić information content (AvgIpc) is 2.87. The molecule has 0 spiro atoms. The summed E-state index contributed by atoms with van der Waals surface area (Å²) in [5, 5.41) is 48.3. The summed E-state index contributed by atoms with van der Waals surface area (Å²) in [6, 6.07) is 2.42. The van der Waals surface area contributed by atoms with E-state index >= 15 is 0 Å². The van der Waals surface area contributed by atoms with Crippen LogP contribution in [-0.2, 0) is 20.8 Å². The number of phenolic OH excluding ortho intramolecular Hbond substituents is 1. The minimum Gasteiger partial charge on any atom is -0.508 e. The normalized spacial score (nSPS) is 26.9. The van der Waals surface area contributed by atoms with Crippen molar-refractivity contribution in [2.24, 2.45) is 17.6 Å². The minimum absolute atomic E-state index is 0.0451. The molecule has 0 saturated heterocycles. The van der Waals surface area contributed by atoms with Gasteiger partial charge in [0, 0.05) is 24.1 Å². The fourth-order valence-corrected chi connectivity index (χ4v) is 6.39. The molecule has 0 radical (unpaired) electrons. The third-order valence-corrected chi connectivity index (χ3v) is 8.44. The molecule has 7 N–H and O–H groups in total. The Hall–Kier alpha value is -3.73. The largest absolute Gasteiger partial charge is 0.508 e. The lowest BCUT2D eigenvalue weighted by atomic mass is 9.57. The van der Waals surface area contributed by atoms with Crippen LogP contribution in [0.2, 0.25) is 0 Å². The molecular weight excluding hydrogens is 526 g/mol. The Balaban J connectivity index is 1.86. The first kappa shape index (κ1) is 30.2. The highest BCUT2D eigenvalue weighted by Crippen LogP contribution is 2.53. The lowest BCUT2D eigenvalue weighted by Crippen LogP contribution is -2.65. The number of aliphatic hydroxyl groups excluding tert-OH is 2. The van der Waals surface area contributed by atoms with Crippen LogP contribution in [0.3, 0.4) is 0 Å². The Labute approximate surface area is 239 Å². The van der Waals surface area contributed by atoms with Gasteiger partial charge in [0.2, 0.25) is 5.78 Å². The van der Waals surface area contributed by atoms with Crippen LogP contribution in [0.25, 0.3) is 11.3 Å². The fourth-order valence-electron chi connectivity index (χ4n) is 6.39. The number of primary amides is 1. The average molecular weight is 566 g/mol. The molecule has 0 aromatic heterocycles. The molecule has 1 amide bonds. The van der Waals surface area contributed by atoms with E-state index in [-0.39, 0.29) is 29.7 Å². The third kappa shape index (κ3) is 4.90. The summed E-state index contributed by atoms with van der Waals surface area (Å²) < 4.78 is 0. The molecule has 41 heavy (non-hydrogen) atoms. The number of aromatic hydroxyl groups is 1. The van der Waals surface area contributed by atoms with Crippen LogP contribution in [0.1, 0.15) is 50.8 Å². The number of fused-ring (bicyclic) bond motifs is 3. The maximum atomic E-state index is 14.0. The summed E-state index contributed by atoms with van der Waals surface area (Å²) in [4.78, 5) is 40.8. The molecule has 0 heterocycles. The molecule has 10 heteroatoms. The van der Waals surface area contributed by atoms with E-state index in [2.05, 4.69) is 19.2 Å². The summed E-state index contributed by atoms with van der Waals surface area (Å²) in [5.41, 5.74) is 5.21. The quantitative estimate of drug-likeness (QED) is 0.214. The molecule has 4 atom stereocenters. The van der Waals surface area contributed by atoms with Crippen molar-refractivity contribution in [3.05, 3.63) is 63.5 Å². The highest BCUT2D eigenvalue weighted by Gasteiger charge is 2.64. The third-order valence-electron chi connectivity index (χ3n) is 8.44. The molecule has 3 aliphatic rings. The van der Waals surface area contributed by atoms with Gasteiger partial charge in [-0.1, -0.05) is 37.6 Å². The molecule has 1 aromatic rings. The van der Waals surface area contributed by atoms with E-state index in [1.165, 1.54) is 11.0 Å². The molecule has 1 aromatic carbocycles. The molecule has 10 nitrogen and oxygen atoms in total. The molecule has 0 unspecified atom stereocenters. The van der Waals surface area contributed by atoms with Gasteiger partial charge in [0.25, 0.3) is 5.91 Å². The number of Topliss-reactive ketones (excluding diaryl/α,β-unsaturated/α-hetero) is 2. The van der Waals surface area contributed by atoms with Gasteiger partial charge < -0.3 is 31.5 Å². The Morgan fingerprint density at radius 2 is 1.83 bits per heavy atom. The van der Waals surface area contributed by atoms with Gasteiger partial charge >= 0.3 is 0 Å². The lowest BCUT2D eigenvalue weighted by Gasteiger charge is -2.50. The van der Waals surface area contributed by atoms with Gasteiger partial charge in [-0.2, -0.15) is 0 Å². The minimum atomic E-state index is -2.65. The van der Waals surface area contributed by atoms with Crippen LogP contribution in [-0.4, -0.2) is 81.1 Å². The van der Waals surface area contributed by atoms with Gasteiger partial charge in [0.1, 0.15) is 22.8 Å². The number of phenols is 1. The first-order valence-corrected chi connectivity index (χ1v) is 13.7. The second-order valence-corrected chi connectivity index (χ2v) is 11.8. The number of ketones is 2. The van der Waals surface area contributed by atoms with Crippen LogP contribution in [0.15, 0.2) is 46.8 Å². The maximum absolute atomic E-state index is 14.0. The zero-order valence-electron chi connectivity index (χ0n) is 24.3. The predicted molar refractivity (Wildman–Crippen MR) is 155 cm³/mol. The Bertz CT molecular complexity index is 1450. The molecule has 1 saturated carbocycles. The molecule has 0 aliphatic heterocycles. The molecular formula is C31H39N3O7. The maximum Gasteiger partial charge on any atom is 0.255 e. The highest BCUT2D eigenvalue weighted by molar-refractivity contribution is 6.24. The number of carbonyl (C=O) groups is 3. The number of nitrogens with two attached hydrogens (primary N) is 1. The monoisotopic (exact) mass is 565 g/mol. The molecule has 4 rings (SSSR count). The van der Waals surface area contributed by atoms with Crippen LogP contribution >= 0.6 is 0 Å². The summed E-state index contributed by atoms with van der Waals surface area (Å²) in [6.07, 6.45) is 4.24. The molecule has 1 fully saturated rings. The Kier molecular flexibility index (Phi) is 8.05. The van der Waals surface area contributed by atoms with Crippen molar-refractivity contribution in [3.8, 4) is 5.75 Å². The number of hydrogen-bond acceptors (Lipinski definition) is 9. The second-order valence-electron chi connectivity index (χ2n) is 11.8. The van der Waals surface area contributed by atoms with E-state index in [1.54, 1.807) is 20.2 Å². The first-order chi connectivity index (χ1) is 19.1. The molecule has 0 bridgehead atoms. The van der Waals surface area contributed by atoms with Gasteiger partial charge in [0.15, 0.2) is 11.4 Å². The number of likely N-dealkylation sites (N-methyl/N-ethyl adjacent to an activating group) is 1. The van der Waals surface area contributed by atoms with Gasteiger partial charge in [-0.25, -0.2) is 0 Å². The van der Waals surface area contributed by atoms with E-state index < -0.39 is 58.0 Å². The van der Waals surface area contributed by atoms with Crippen molar-refractivity contribution in [3.63, 3.8) is 0 Å². The number of benzene rings is 1. The van der Waals surface area contributed by atoms with Crippen LogP contribution in [0.5, 0.6) is 5.75 Å². The smallest absolute Gasteiger partial charge is 0.255 e. The number of nitrogens with zero attached hydrogens (tertiary/aromatic N) is 1. The highest BCUT2D eigenvalue weighted by atomic mass is 16.3. The summed E-state index contributed by atoms with van der Waals surface area (Å²) in [6.45, 7) is 8.80. The Morgan fingerprint density at radius 3 is 2.41 bits per heavy atom. The van der Waals surface area contributed by atoms with E-state index in [0.29, 0.717) is 11.6 Å². The van der Waals surface area contributed by atoms with Crippen molar-refractivity contribution in [2.45, 2.75) is 58.2 Å². The van der Waals surface area contributed by atoms with E-state index in [0.717, 1.165) is 23.3 Å². The number of rotatable bonds is 7. The number of amides is 1. The number of hydrogen-bond donors (Lipinski definition) is 6. The van der Waals surface area contributed by atoms with Crippen molar-refractivity contribution in [1.29, 1.82) is 0 Å². The van der Waals surface area contributed by atoms with E-state index in [4.69, 9.17) is 5.73 Å². The first-order valence-electron chi connectivity index (χ1n) is 13.7. The van der Waals surface area contributed by atoms with Crippen LogP contribution in [0, 0.1) is 11.8 Å². The van der Waals surface area contributed by atoms with Gasteiger partial charge in [-0.3, -0.25) is 19.3 Å². The second kappa shape index (κ2) is 10.9. The SMILES string of the molecule is C/C(=C\C=C(/C)c1ccc(O)c2c1C[C@H]1C[C@H]3[C@@H](N(C)C)C(=O)C(C(N)=O)=C(O)[C@@]3(O)C(=O)C1=C2O)CNC(C)C. The standard InChI is InChI=1S/C31H39N3O7/c1-14(2)33-13-15(3)7-8-16(4)18-9-10-21(35)23-19(18)11-17-12-20-25(34(5)6)27(37)24(30(32)40)29(39)31(20,41)28(38)22(17)26(23)36/h7-10,14,17,20,25,33,35-36,39,41H,11-13H2,1-6H3,(H2,32,40)/b15-7+,16-8+/t17-,20-,25+,31-/m0/s1. The van der Waals surface area contributed by atoms with Crippen molar-refractivity contribution < 1.29 is 34.8 Å². The van der Waals surface area contributed by atoms with Crippen molar-refractivity contribution >= 4 is 28.8 Å². The number of nitrogens with one attached hydrogen (secondary N) is 1. The van der Waals surface area contributed by atoms with Crippen LogP contribution in [0.4, 0.5) is 0 Å². The summed E-state index contributed by atoms with van der Waals surface area (Å²) in [7, 11) is 3.15. The topological polar surface area (TPSA) is 173 Å². The number of aliphatic hydroxyl groups is 3. The van der Waals surface area contributed by atoms with E-state index in [9.17, 15) is 34.8 Å². The summed E-state index contributed by atoms with van der Waals surface area (Å²) >= 11 is 0. The van der Waals surface area contributed by atoms with Crippen molar-refractivity contribution in [2.75, 3.05) is 20.6 Å².